The molecule has 0 amide bonds. The van der Waals surface area contributed by atoms with E-state index in [-0.39, 0.29) is 5.75 Å². The van der Waals surface area contributed by atoms with Crippen LogP contribution in [-0.2, 0) is 6.54 Å². The van der Waals surface area contributed by atoms with Gasteiger partial charge in [0.1, 0.15) is 0 Å². The second kappa shape index (κ2) is 6.14. The molecule has 19 heavy (non-hydrogen) atoms. The van der Waals surface area contributed by atoms with Crippen molar-refractivity contribution in [2.45, 2.75) is 26.8 Å². The van der Waals surface area contributed by atoms with Gasteiger partial charge in [-0.25, -0.2) is 0 Å². The maximum atomic E-state index is 10.2. The number of piperidine rings is 1. The minimum atomic E-state index is 0.261. The summed E-state index contributed by atoms with van der Waals surface area (Å²) in [5.41, 5.74) is 0.924. The third kappa shape index (κ3) is 3.63. The Balaban J connectivity index is 2.16. The van der Waals surface area contributed by atoms with E-state index in [1.165, 1.54) is 6.42 Å². The topological polar surface area (TPSA) is 32.7 Å². The number of rotatable bonds is 3. The van der Waals surface area contributed by atoms with E-state index in [0.29, 0.717) is 5.75 Å². The third-order valence-corrected chi connectivity index (χ3v) is 4.13. The van der Waals surface area contributed by atoms with Gasteiger partial charge in [0.15, 0.2) is 11.5 Å². The molecule has 3 nitrogen and oxygen atoms in total. The number of hydrogen-bond donors (Lipinski definition) is 1. The summed E-state index contributed by atoms with van der Waals surface area (Å²) in [5, 5.41) is 10.2. The monoisotopic (exact) mass is 327 g/mol. The highest BCUT2D eigenvalue weighted by atomic mass is 79.9. The fraction of sp³-hybridized carbons (Fsp3) is 0.600. The van der Waals surface area contributed by atoms with Gasteiger partial charge in [-0.2, -0.15) is 0 Å². The largest absolute Gasteiger partial charge is 0.504 e. The predicted octanol–water partition coefficient (Wildman–Crippen LogP) is 3.64. The number of hydrogen-bond acceptors (Lipinski definition) is 3. The number of benzene rings is 1. The molecule has 1 aliphatic rings. The van der Waals surface area contributed by atoms with Crippen LogP contribution < -0.4 is 4.74 Å². The molecule has 2 rings (SSSR count). The molecule has 4 heteroatoms. The molecule has 2 atom stereocenters. The lowest BCUT2D eigenvalue weighted by atomic mass is 9.91. The molecule has 0 bridgehead atoms. The predicted molar refractivity (Wildman–Crippen MR) is 80.6 cm³/mol. The summed E-state index contributed by atoms with van der Waals surface area (Å²) < 4.78 is 6.14. The van der Waals surface area contributed by atoms with Crippen LogP contribution in [0.5, 0.6) is 11.5 Å². The lowest BCUT2D eigenvalue weighted by Gasteiger charge is -2.35. The molecule has 0 unspecified atom stereocenters. The van der Waals surface area contributed by atoms with Crippen molar-refractivity contribution in [1.29, 1.82) is 0 Å². The van der Waals surface area contributed by atoms with E-state index in [9.17, 15) is 5.11 Å². The van der Waals surface area contributed by atoms with Crippen LogP contribution in [0.15, 0.2) is 16.6 Å². The van der Waals surface area contributed by atoms with E-state index in [0.717, 1.165) is 41.5 Å². The summed E-state index contributed by atoms with van der Waals surface area (Å²) in [6.45, 7) is 7.56. The van der Waals surface area contributed by atoms with E-state index in [2.05, 4.69) is 34.7 Å². The zero-order valence-corrected chi connectivity index (χ0v) is 13.4. The molecule has 1 fully saturated rings. The Kier molecular flexibility index (Phi) is 4.74. The Morgan fingerprint density at radius 1 is 1.32 bits per heavy atom. The van der Waals surface area contributed by atoms with E-state index < -0.39 is 0 Å². The Morgan fingerprint density at radius 3 is 2.53 bits per heavy atom. The van der Waals surface area contributed by atoms with Gasteiger partial charge in [-0.15, -0.1) is 0 Å². The quantitative estimate of drug-likeness (QED) is 0.919. The second-order valence-electron chi connectivity index (χ2n) is 5.76. The van der Waals surface area contributed by atoms with Crippen LogP contribution in [0, 0.1) is 11.8 Å². The molecule has 0 spiro atoms. The first-order valence-electron chi connectivity index (χ1n) is 6.77. The summed E-state index contributed by atoms with van der Waals surface area (Å²) in [4.78, 5) is 2.42. The molecule has 106 valence electrons. The summed E-state index contributed by atoms with van der Waals surface area (Å²) in [6.07, 6.45) is 1.30. The Bertz CT molecular complexity index is 440. The zero-order chi connectivity index (χ0) is 14.0. The first-order chi connectivity index (χ1) is 8.99. The van der Waals surface area contributed by atoms with E-state index in [1.54, 1.807) is 13.2 Å². The molecule has 0 saturated carbocycles. The van der Waals surface area contributed by atoms with Gasteiger partial charge in [0.2, 0.25) is 0 Å². The average molecular weight is 328 g/mol. The van der Waals surface area contributed by atoms with Crippen LogP contribution in [0.1, 0.15) is 25.8 Å². The molecule has 1 aromatic carbocycles. The molecular formula is C15H22BrNO2. The minimum absolute atomic E-state index is 0.261. The van der Waals surface area contributed by atoms with Gasteiger partial charge >= 0.3 is 0 Å². The summed E-state index contributed by atoms with van der Waals surface area (Å²) in [7, 11) is 1.58. The van der Waals surface area contributed by atoms with E-state index in [1.807, 2.05) is 6.07 Å². The van der Waals surface area contributed by atoms with Crippen LogP contribution >= 0.6 is 15.9 Å². The van der Waals surface area contributed by atoms with Crippen molar-refractivity contribution in [3.05, 3.63) is 22.2 Å². The molecular weight excluding hydrogens is 306 g/mol. The maximum Gasteiger partial charge on any atom is 0.162 e. The van der Waals surface area contributed by atoms with Crippen molar-refractivity contribution < 1.29 is 9.84 Å². The summed E-state index contributed by atoms with van der Waals surface area (Å²) in [6, 6.07) is 3.77. The molecule has 0 radical (unpaired) electrons. The zero-order valence-electron chi connectivity index (χ0n) is 11.8. The standard InChI is InChI=1S/C15H22BrNO2/c1-10-4-11(2)8-17(7-10)9-12-5-13(16)6-14(19-3)15(12)18/h5-6,10-11,18H,4,7-9H2,1-3H3/t10-,11-/m0/s1. The van der Waals surface area contributed by atoms with Crippen LogP contribution in [0.2, 0.25) is 0 Å². The number of nitrogens with zero attached hydrogens (tertiary/aromatic N) is 1. The smallest absolute Gasteiger partial charge is 0.162 e. The van der Waals surface area contributed by atoms with Gasteiger partial charge in [-0.3, -0.25) is 4.90 Å². The second-order valence-corrected chi connectivity index (χ2v) is 6.67. The van der Waals surface area contributed by atoms with E-state index in [4.69, 9.17) is 4.74 Å². The number of phenols is 1. The number of ether oxygens (including phenoxy) is 1. The first-order valence-corrected chi connectivity index (χ1v) is 7.56. The lowest BCUT2D eigenvalue weighted by molar-refractivity contribution is 0.133. The van der Waals surface area contributed by atoms with Crippen molar-refractivity contribution in [2.75, 3.05) is 20.2 Å². The third-order valence-electron chi connectivity index (χ3n) is 3.68. The number of phenolic OH excluding ortho intramolecular Hbond substituents is 1. The highest BCUT2D eigenvalue weighted by Crippen LogP contribution is 2.35. The number of halogens is 1. The van der Waals surface area contributed by atoms with Crippen molar-refractivity contribution in [3.8, 4) is 11.5 Å². The average Bonchev–Trinajstić information content (AvgIpc) is 2.32. The summed E-state index contributed by atoms with van der Waals surface area (Å²) >= 11 is 3.47. The fourth-order valence-electron chi connectivity index (χ4n) is 3.07. The Labute approximate surface area is 123 Å². The molecule has 1 N–H and O–H groups in total. The van der Waals surface area contributed by atoms with Gasteiger partial charge in [-0.1, -0.05) is 29.8 Å². The van der Waals surface area contributed by atoms with Crippen molar-refractivity contribution >= 4 is 15.9 Å². The molecule has 1 heterocycles. The van der Waals surface area contributed by atoms with Crippen LogP contribution in [0.3, 0.4) is 0 Å². The first kappa shape index (κ1) is 14.7. The van der Waals surface area contributed by atoms with Crippen molar-refractivity contribution in [3.63, 3.8) is 0 Å². The molecule has 0 aliphatic carbocycles. The molecule has 1 aromatic rings. The van der Waals surface area contributed by atoms with Crippen molar-refractivity contribution in [2.24, 2.45) is 11.8 Å². The number of methoxy groups -OCH3 is 1. The lowest BCUT2D eigenvalue weighted by Crippen LogP contribution is -2.38. The number of likely N-dealkylation sites (tertiary alicyclic amines) is 1. The summed E-state index contributed by atoms with van der Waals surface area (Å²) in [5.74, 6) is 2.24. The molecule has 1 saturated heterocycles. The van der Waals surface area contributed by atoms with Gasteiger partial charge in [0, 0.05) is 29.7 Å². The van der Waals surface area contributed by atoms with Gasteiger partial charge < -0.3 is 9.84 Å². The van der Waals surface area contributed by atoms with E-state index >= 15 is 0 Å². The molecule has 1 aliphatic heterocycles. The van der Waals surface area contributed by atoms with Gasteiger partial charge in [0.05, 0.1) is 7.11 Å². The Morgan fingerprint density at radius 2 is 1.95 bits per heavy atom. The molecule has 0 aromatic heterocycles. The number of aromatic hydroxyl groups is 1. The van der Waals surface area contributed by atoms with Crippen LogP contribution in [0.4, 0.5) is 0 Å². The fourth-order valence-corrected chi connectivity index (χ4v) is 3.55. The van der Waals surface area contributed by atoms with Crippen LogP contribution in [-0.4, -0.2) is 30.2 Å². The highest BCUT2D eigenvalue weighted by Gasteiger charge is 2.23. The normalized spacial score (nSPS) is 24.4. The van der Waals surface area contributed by atoms with Gasteiger partial charge in [-0.05, 0) is 30.4 Å². The minimum Gasteiger partial charge on any atom is -0.504 e. The van der Waals surface area contributed by atoms with Gasteiger partial charge in [0.25, 0.3) is 0 Å². The van der Waals surface area contributed by atoms with Crippen LogP contribution in [0.25, 0.3) is 0 Å². The Hall–Kier alpha value is -0.740. The van der Waals surface area contributed by atoms with Crippen molar-refractivity contribution in [1.82, 2.24) is 4.90 Å². The SMILES string of the molecule is COc1cc(Br)cc(CN2C[C@@H](C)C[C@H](C)C2)c1O. The highest BCUT2D eigenvalue weighted by molar-refractivity contribution is 9.10. The maximum absolute atomic E-state index is 10.2.